The summed E-state index contributed by atoms with van der Waals surface area (Å²) < 4.78 is 10.6. The maximum Gasteiger partial charge on any atom is 0.257 e. The molecule has 1 aliphatic heterocycles. The Bertz CT molecular complexity index is 881. The lowest BCUT2D eigenvalue weighted by molar-refractivity contribution is -0.116. The summed E-state index contributed by atoms with van der Waals surface area (Å²) in [6.07, 6.45) is 1.14. The van der Waals surface area contributed by atoms with E-state index in [1.165, 1.54) is 11.8 Å². The van der Waals surface area contributed by atoms with E-state index in [4.69, 9.17) is 9.47 Å². The number of aromatic nitrogens is 2. The van der Waals surface area contributed by atoms with E-state index in [1.54, 1.807) is 26.4 Å². The molecule has 138 valence electrons. The highest BCUT2D eigenvalue weighted by molar-refractivity contribution is 7.99. The SMILES string of the molecule is CCCSc1nc2c(c(=O)[nH]1)[C@H](c1ccc(OC)c(OC)c1)CC(=O)N2. The molecular weight excluding hydrogens is 354 g/mol. The van der Waals surface area contributed by atoms with Crippen molar-refractivity contribution in [3.63, 3.8) is 0 Å². The monoisotopic (exact) mass is 375 g/mol. The Kier molecular flexibility index (Phi) is 5.51. The summed E-state index contributed by atoms with van der Waals surface area (Å²) in [7, 11) is 3.11. The molecule has 2 heterocycles. The van der Waals surface area contributed by atoms with Gasteiger partial charge in [0.05, 0.1) is 19.8 Å². The van der Waals surface area contributed by atoms with Crippen LogP contribution in [-0.2, 0) is 4.79 Å². The third kappa shape index (κ3) is 3.55. The van der Waals surface area contributed by atoms with Gasteiger partial charge in [-0.25, -0.2) is 4.98 Å². The first-order valence-electron chi connectivity index (χ1n) is 8.36. The number of benzene rings is 1. The first-order valence-corrected chi connectivity index (χ1v) is 9.34. The number of ether oxygens (including phenoxy) is 2. The Hall–Kier alpha value is -2.48. The number of carbonyl (C=O) groups excluding carboxylic acids is 1. The van der Waals surface area contributed by atoms with Crippen LogP contribution < -0.4 is 20.3 Å². The largest absolute Gasteiger partial charge is 0.493 e. The van der Waals surface area contributed by atoms with Gasteiger partial charge in [-0.05, 0) is 24.1 Å². The molecule has 0 aliphatic carbocycles. The molecule has 0 radical (unpaired) electrons. The van der Waals surface area contributed by atoms with Crippen LogP contribution in [-0.4, -0.2) is 35.8 Å². The van der Waals surface area contributed by atoms with E-state index in [0.717, 1.165) is 17.7 Å². The topological polar surface area (TPSA) is 93.3 Å². The third-order valence-electron chi connectivity index (χ3n) is 4.18. The van der Waals surface area contributed by atoms with Crippen LogP contribution in [0.3, 0.4) is 0 Å². The highest BCUT2D eigenvalue weighted by atomic mass is 32.2. The summed E-state index contributed by atoms with van der Waals surface area (Å²) in [5.74, 6) is 1.77. The van der Waals surface area contributed by atoms with Gasteiger partial charge in [-0.2, -0.15) is 0 Å². The molecule has 0 unspecified atom stereocenters. The van der Waals surface area contributed by atoms with Crippen molar-refractivity contribution in [3.05, 3.63) is 39.7 Å². The molecule has 1 amide bonds. The summed E-state index contributed by atoms with van der Waals surface area (Å²) in [4.78, 5) is 32.2. The molecule has 26 heavy (non-hydrogen) atoms. The van der Waals surface area contributed by atoms with Crippen molar-refractivity contribution in [3.8, 4) is 11.5 Å². The standard InChI is InChI=1S/C18H21N3O4S/c1-4-7-26-18-20-16-15(17(23)21-18)11(9-14(22)19-16)10-5-6-12(24-2)13(8-10)25-3/h5-6,8,11H,4,7,9H2,1-3H3,(H2,19,20,21,22,23)/t11-/m0/s1. The quantitative estimate of drug-likeness (QED) is 0.596. The molecule has 1 atom stereocenters. The molecule has 1 aromatic heterocycles. The van der Waals surface area contributed by atoms with Gasteiger partial charge in [0, 0.05) is 18.1 Å². The second-order valence-electron chi connectivity index (χ2n) is 5.90. The predicted octanol–water partition coefficient (Wildman–Crippen LogP) is 2.76. The minimum absolute atomic E-state index is 0.165. The maximum atomic E-state index is 12.7. The van der Waals surface area contributed by atoms with Crippen molar-refractivity contribution in [1.29, 1.82) is 0 Å². The van der Waals surface area contributed by atoms with Crippen molar-refractivity contribution in [1.82, 2.24) is 9.97 Å². The normalized spacial score (nSPS) is 16.0. The van der Waals surface area contributed by atoms with E-state index in [-0.39, 0.29) is 23.8 Å². The van der Waals surface area contributed by atoms with E-state index >= 15 is 0 Å². The fraction of sp³-hybridized carbons (Fsp3) is 0.389. The number of fused-ring (bicyclic) bond motifs is 1. The second-order valence-corrected chi connectivity index (χ2v) is 6.98. The summed E-state index contributed by atoms with van der Waals surface area (Å²) in [5.41, 5.74) is 1.05. The van der Waals surface area contributed by atoms with Gasteiger partial charge in [0.15, 0.2) is 16.7 Å². The van der Waals surface area contributed by atoms with Crippen molar-refractivity contribution in [2.45, 2.75) is 30.8 Å². The number of amides is 1. The molecule has 1 aromatic carbocycles. The highest BCUT2D eigenvalue weighted by Gasteiger charge is 2.31. The summed E-state index contributed by atoms with van der Waals surface area (Å²) >= 11 is 1.46. The molecule has 0 fully saturated rings. The number of rotatable bonds is 6. The van der Waals surface area contributed by atoms with Crippen molar-refractivity contribution in [2.24, 2.45) is 0 Å². The first kappa shape index (κ1) is 18.3. The second kappa shape index (κ2) is 7.82. The van der Waals surface area contributed by atoms with Gasteiger partial charge in [-0.15, -0.1) is 0 Å². The number of H-pyrrole nitrogens is 1. The zero-order valence-corrected chi connectivity index (χ0v) is 15.7. The Morgan fingerprint density at radius 3 is 2.69 bits per heavy atom. The van der Waals surface area contributed by atoms with E-state index in [2.05, 4.69) is 22.2 Å². The third-order valence-corrected chi connectivity index (χ3v) is 5.26. The van der Waals surface area contributed by atoms with Crippen LogP contribution in [0.4, 0.5) is 5.82 Å². The number of carbonyl (C=O) groups is 1. The van der Waals surface area contributed by atoms with Gasteiger partial charge >= 0.3 is 0 Å². The molecule has 8 heteroatoms. The van der Waals surface area contributed by atoms with E-state index in [0.29, 0.717) is 28.0 Å². The van der Waals surface area contributed by atoms with Crippen LogP contribution in [0.15, 0.2) is 28.2 Å². The van der Waals surface area contributed by atoms with Gasteiger partial charge in [-0.3, -0.25) is 9.59 Å². The first-order chi connectivity index (χ1) is 12.6. The van der Waals surface area contributed by atoms with E-state index < -0.39 is 0 Å². The minimum Gasteiger partial charge on any atom is -0.493 e. The van der Waals surface area contributed by atoms with Crippen LogP contribution in [0, 0.1) is 0 Å². The van der Waals surface area contributed by atoms with Crippen molar-refractivity contribution in [2.75, 3.05) is 25.3 Å². The zero-order chi connectivity index (χ0) is 18.7. The van der Waals surface area contributed by atoms with Crippen molar-refractivity contribution >= 4 is 23.5 Å². The lowest BCUT2D eigenvalue weighted by Gasteiger charge is -2.25. The average Bonchev–Trinajstić information content (AvgIpc) is 2.64. The number of anilines is 1. The van der Waals surface area contributed by atoms with Gasteiger partial charge in [0.25, 0.3) is 5.56 Å². The van der Waals surface area contributed by atoms with Crippen LogP contribution in [0.25, 0.3) is 0 Å². The molecule has 2 aromatic rings. The van der Waals surface area contributed by atoms with Crippen LogP contribution in [0.5, 0.6) is 11.5 Å². The van der Waals surface area contributed by atoms with Crippen LogP contribution >= 0.6 is 11.8 Å². The van der Waals surface area contributed by atoms with E-state index in [1.807, 2.05) is 6.07 Å². The van der Waals surface area contributed by atoms with Gasteiger partial charge in [0.1, 0.15) is 5.82 Å². The predicted molar refractivity (Wildman–Crippen MR) is 101 cm³/mol. The fourth-order valence-electron chi connectivity index (χ4n) is 2.97. The Labute approximate surface area is 155 Å². The fourth-order valence-corrected chi connectivity index (χ4v) is 3.69. The van der Waals surface area contributed by atoms with Gasteiger partial charge in [0.2, 0.25) is 5.91 Å². The summed E-state index contributed by atoms with van der Waals surface area (Å²) in [5, 5.41) is 3.25. The lowest BCUT2D eigenvalue weighted by Crippen LogP contribution is -2.31. The minimum atomic E-state index is -0.389. The molecule has 3 rings (SSSR count). The molecular formula is C18H21N3O4S. The lowest BCUT2D eigenvalue weighted by atomic mass is 9.86. The summed E-state index contributed by atoms with van der Waals surface area (Å²) in [6, 6.07) is 5.41. The molecule has 1 aliphatic rings. The van der Waals surface area contributed by atoms with Gasteiger partial charge in [-0.1, -0.05) is 24.8 Å². The van der Waals surface area contributed by atoms with Gasteiger partial charge < -0.3 is 19.8 Å². The van der Waals surface area contributed by atoms with E-state index in [9.17, 15) is 9.59 Å². The highest BCUT2D eigenvalue weighted by Crippen LogP contribution is 2.38. The molecule has 0 bridgehead atoms. The maximum absolute atomic E-state index is 12.7. The average molecular weight is 375 g/mol. The number of thioether (sulfide) groups is 1. The molecule has 0 spiro atoms. The molecule has 0 saturated heterocycles. The molecule has 0 saturated carbocycles. The molecule has 7 nitrogen and oxygen atoms in total. The zero-order valence-electron chi connectivity index (χ0n) is 14.9. The number of hydrogen-bond donors (Lipinski definition) is 2. The Morgan fingerprint density at radius 2 is 2.00 bits per heavy atom. The number of methoxy groups -OCH3 is 2. The number of hydrogen-bond acceptors (Lipinski definition) is 6. The smallest absolute Gasteiger partial charge is 0.257 e. The van der Waals surface area contributed by atoms with Crippen LogP contribution in [0.2, 0.25) is 0 Å². The Morgan fingerprint density at radius 1 is 1.23 bits per heavy atom. The molecule has 2 N–H and O–H groups in total. The van der Waals surface area contributed by atoms with Crippen molar-refractivity contribution < 1.29 is 14.3 Å². The summed E-state index contributed by atoms with van der Waals surface area (Å²) in [6.45, 7) is 2.05. The Balaban J connectivity index is 2.06. The van der Waals surface area contributed by atoms with Crippen LogP contribution in [0.1, 0.15) is 36.8 Å². The number of nitrogens with zero attached hydrogens (tertiary/aromatic N) is 1. The number of aromatic amines is 1. The number of nitrogens with one attached hydrogen (secondary N) is 2.